The van der Waals surface area contributed by atoms with E-state index in [0.29, 0.717) is 5.92 Å². The number of hydrogen-bond acceptors (Lipinski definition) is 2. The monoisotopic (exact) mass is 140 g/mol. The molecule has 0 atom stereocenters. The topological polar surface area (TPSA) is 18.5 Å². The maximum Gasteiger partial charge on any atom is 0.222 e. The lowest BCUT2D eigenvalue weighted by Gasteiger charge is -2.25. The maximum absolute atomic E-state index is 5.17. The fourth-order valence-corrected chi connectivity index (χ4v) is 0.875. The highest BCUT2D eigenvalue weighted by molar-refractivity contribution is 4.90. The fraction of sp³-hybridized carbons (Fsp3) is 0.750. The summed E-state index contributed by atoms with van der Waals surface area (Å²) < 4.78 is 10.3. The Balaban J connectivity index is 2.25. The minimum atomic E-state index is -0.400. The summed E-state index contributed by atoms with van der Waals surface area (Å²) in [6.45, 7) is 3.60. The molecule has 0 amide bonds. The Bertz CT molecular complexity index is 129. The second kappa shape index (κ2) is 3.60. The predicted molar refractivity (Wildman–Crippen MR) is 38.3 cm³/mol. The van der Waals surface area contributed by atoms with Crippen LogP contribution in [-0.4, -0.2) is 19.5 Å². The highest BCUT2D eigenvalue weighted by Gasteiger charge is 2.18. The molecule has 0 saturated carbocycles. The van der Waals surface area contributed by atoms with Gasteiger partial charge in [-0.3, -0.25) is 0 Å². The highest BCUT2D eigenvalue weighted by Crippen LogP contribution is 2.12. The van der Waals surface area contributed by atoms with Crippen molar-refractivity contribution in [3.05, 3.63) is 0 Å². The van der Waals surface area contributed by atoms with E-state index in [2.05, 4.69) is 12.8 Å². The van der Waals surface area contributed by atoms with Crippen LogP contribution in [-0.2, 0) is 9.47 Å². The van der Waals surface area contributed by atoms with Gasteiger partial charge in [-0.1, -0.05) is 6.92 Å². The molecule has 0 bridgehead atoms. The summed E-state index contributed by atoms with van der Waals surface area (Å²) in [5, 5.41) is 0. The normalized spacial score (nSPS) is 33.2. The number of hydrogen-bond donors (Lipinski definition) is 0. The molecule has 10 heavy (non-hydrogen) atoms. The van der Waals surface area contributed by atoms with Crippen molar-refractivity contribution < 1.29 is 9.47 Å². The van der Waals surface area contributed by atoms with Crippen molar-refractivity contribution in [2.75, 3.05) is 13.2 Å². The van der Waals surface area contributed by atoms with Gasteiger partial charge < -0.3 is 9.47 Å². The Kier molecular flexibility index (Phi) is 2.73. The van der Waals surface area contributed by atoms with Gasteiger partial charge in [0.25, 0.3) is 0 Å². The molecular formula is C8H12O2. The van der Waals surface area contributed by atoms with Crippen molar-refractivity contribution in [1.82, 2.24) is 0 Å². The van der Waals surface area contributed by atoms with E-state index in [0.717, 1.165) is 19.6 Å². The number of rotatable bonds is 1. The van der Waals surface area contributed by atoms with E-state index in [9.17, 15) is 0 Å². The first-order valence-electron chi connectivity index (χ1n) is 3.56. The third-order valence-corrected chi connectivity index (χ3v) is 1.68. The molecule has 1 saturated heterocycles. The van der Waals surface area contributed by atoms with E-state index in [1.54, 1.807) is 0 Å². The second-order valence-corrected chi connectivity index (χ2v) is 2.44. The van der Waals surface area contributed by atoms with Gasteiger partial charge in [-0.2, -0.15) is 0 Å². The fourth-order valence-electron chi connectivity index (χ4n) is 0.875. The van der Waals surface area contributed by atoms with Gasteiger partial charge in [0, 0.05) is 5.92 Å². The van der Waals surface area contributed by atoms with Gasteiger partial charge in [-0.15, -0.1) is 6.42 Å². The lowest BCUT2D eigenvalue weighted by Crippen LogP contribution is -2.30. The molecule has 0 unspecified atom stereocenters. The van der Waals surface area contributed by atoms with Gasteiger partial charge in [-0.25, -0.2) is 0 Å². The molecule has 0 spiro atoms. The van der Waals surface area contributed by atoms with Crippen molar-refractivity contribution in [1.29, 1.82) is 0 Å². The Morgan fingerprint density at radius 2 is 2.10 bits per heavy atom. The van der Waals surface area contributed by atoms with Gasteiger partial charge in [0.05, 0.1) is 13.2 Å². The van der Waals surface area contributed by atoms with E-state index >= 15 is 0 Å². The predicted octanol–water partition coefficient (Wildman–Crippen LogP) is 1.02. The molecule has 0 aromatic heterocycles. The molecule has 2 nitrogen and oxygen atoms in total. The summed E-state index contributed by atoms with van der Waals surface area (Å²) in [5.41, 5.74) is 0. The van der Waals surface area contributed by atoms with Gasteiger partial charge >= 0.3 is 0 Å². The first-order chi connectivity index (χ1) is 4.86. The smallest absolute Gasteiger partial charge is 0.222 e. The Morgan fingerprint density at radius 1 is 1.50 bits per heavy atom. The summed E-state index contributed by atoms with van der Waals surface area (Å²) in [6.07, 6.45) is 5.78. The Labute approximate surface area is 61.5 Å². The van der Waals surface area contributed by atoms with E-state index in [1.807, 2.05) is 0 Å². The summed E-state index contributed by atoms with van der Waals surface area (Å²) in [5.74, 6) is 2.94. The van der Waals surface area contributed by atoms with Crippen LogP contribution in [0.1, 0.15) is 13.3 Å². The zero-order valence-electron chi connectivity index (χ0n) is 6.17. The molecular weight excluding hydrogens is 128 g/mol. The lowest BCUT2D eigenvalue weighted by atomic mass is 10.1. The molecule has 56 valence electrons. The minimum absolute atomic E-state index is 0.400. The largest absolute Gasteiger partial charge is 0.342 e. The van der Waals surface area contributed by atoms with Crippen LogP contribution in [0.5, 0.6) is 0 Å². The quantitative estimate of drug-likeness (QED) is 0.506. The van der Waals surface area contributed by atoms with Gasteiger partial charge in [-0.05, 0) is 12.3 Å². The Hall–Kier alpha value is -0.520. The third-order valence-electron chi connectivity index (χ3n) is 1.68. The SMILES string of the molecule is C#CC1OCC(CC)CO1. The molecule has 0 N–H and O–H groups in total. The molecule has 1 aliphatic heterocycles. The number of terminal acetylenes is 1. The van der Waals surface area contributed by atoms with Crippen LogP contribution in [0.4, 0.5) is 0 Å². The molecule has 0 aromatic rings. The van der Waals surface area contributed by atoms with Gasteiger partial charge in [0.2, 0.25) is 6.29 Å². The van der Waals surface area contributed by atoms with Crippen molar-refractivity contribution >= 4 is 0 Å². The summed E-state index contributed by atoms with van der Waals surface area (Å²) in [6, 6.07) is 0. The first kappa shape index (κ1) is 7.59. The molecule has 1 aliphatic rings. The van der Waals surface area contributed by atoms with Gasteiger partial charge in [0.15, 0.2) is 0 Å². The van der Waals surface area contributed by atoms with E-state index in [1.165, 1.54) is 0 Å². The summed E-state index contributed by atoms with van der Waals surface area (Å²) >= 11 is 0. The molecule has 2 heteroatoms. The molecule has 0 radical (unpaired) electrons. The number of ether oxygens (including phenoxy) is 2. The van der Waals surface area contributed by atoms with Crippen LogP contribution in [0.15, 0.2) is 0 Å². The van der Waals surface area contributed by atoms with Crippen molar-refractivity contribution in [3.8, 4) is 12.3 Å². The van der Waals surface area contributed by atoms with Crippen LogP contribution < -0.4 is 0 Å². The molecule has 0 aromatic carbocycles. The van der Waals surface area contributed by atoms with Crippen LogP contribution in [0, 0.1) is 18.3 Å². The van der Waals surface area contributed by atoms with Crippen molar-refractivity contribution in [3.63, 3.8) is 0 Å². The van der Waals surface area contributed by atoms with Crippen LogP contribution in [0.3, 0.4) is 0 Å². The first-order valence-corrected chi connectivity index (χ1v) is 3.56. The van der Waals surface area contributed by atoms with E-state index in [4.69, 9.17) is 15.9 Å². The second-order valence-electron chi connectivity index (χ2n) is 2.44. The standard InChI is InChI=1S/C8H12O2/c1-3-7-5-9-8(4-2)10-6-7/h2,7-8H,3,5-6H2,1H3. The van der Waals surface area contributed by atoms with E-state index in [-0.39, 0.29) is 0 Å². The lowest BCUT2D eigenvalue weighted by molar-refractivity contribution is -0.169. The van der Waals surface area contributed by atoms with E-state index < -0.39 is 6.29 Å². The van der Waals surface area contributed by atoms with Gasteiger partial charge in [0.1, 0.15) is 0 Å². The zero-order chi connectivity index (χ0) is 7.40. The molecule has 1 heterocycles. The van der Waals surface area contributed by atoms with Crippen LogP contribution in [0.25, 0.3) is 0 Å². The van der Waals surface area contributed by atoms with Crippen molar-refractivity contribution in [2.45, 2.75) is 19.6 Å². The zero-order valence-corrected chi connectivity index (χ0v) is 6.17. The minimum Gasteiger partial charge on any atom is -0.342 e. The molecule has 0 aliphatic carbocycles. The van der Waals surface area contributed by atoms with Crippen LogP contribution in [0.2, 0.25) is 0 Å². The molecule has 1 fully saturated rings. The van der Waals surface area contributed by atoms with Crippen LogP contribution >= 0.6 is 0 Å². The summed E-state index contributed by atoms with van der Waals surface area (Å²) in [7, 11) is 0. The summed E-state index contributed by atoms with van der Waals surface area (Å²) in [4.78, 5) is 0. The Morgan fingerprint density at radius 3 is 2.50 bits per heavy atom. The van der Waals surface area contributed by atoms with Crippen molar-refractivity contribution in [2.24, 2.45) is 5.92 Å². The third kappa shape index (κ3) is 1.73. The maximum atomic E-state index is 5.17. The average molecular weight is 140 g/mol. The average Bonchev–Trinajstić information content (AvgIpc) is 2.05. The molecule has 1 rings (SSSR count). The highest BCUT2D eigenvalue weighted by atomic mass is 16.7.